The minimum atomic E-state index is -2.58. The van der Waals surface area contributed by atoms with Gasteiger partial charge in [-0.05, 0) is 86.6 Å². The van der Waals surface area contributed by atoms with Gasteiger partial charge >= 0.3 is 18.0 Å². The smallest absolute Gasteiger partial charge is 0.323 e. The number of nitrogens with zero attached hydrogens (tertiary/aromatic N) is 1. The second kappa shape index (κ2) is 18.4. The third-order valence-electron chi connectivity index (χ3n) is 8.30. The zero-order valence-electron chi connectivity index (χ0n) is 30.0. The summed E-state index contributed by atoms with van der Waals surface area (Å²) in [7, 11) is -2.58. The number of urea groups is 1. The highest BCUT2D eigenvalue weighted by molar-refractivity contribution is 7.57. The Hall–Kier alpha value is -3.36. The van der Waals surface area contributed by atoms with E-state index in [-0.39, 0.29) is 30.4 Å². The molecule has 48 heavy (non-hydrogen) atoms. The normalized spacial score (nSPS) is 17.1. The van der Waals surface area contributed by atoms with Gasteiger partial charge in [-0.15, -0.1) is 0 Å². The SMILES string of the molecule is CC[C@@H](CC(=O)OCOC(=O)C1CCC(OP(C)(C)=O)CC1)c1ccc(N(CC(C)C)CC(C)C)c(NC(=O)Nc2ccc(C)cc2)c1. The highest BCUT2D eigenvalue weighted by Gasteiger charge is 2.30. The summed E-state index contributed by atoms with van der Waals surface area (Å²) in [5.74, 6) is -0.510. The fraction of sp³-hybridized carbons (Fsp3) is 0.595. The van der Waals surface area contributed by atoms with Crippen LogP contribution in [0.1, 0.15) is 90.2 Å². The molecule has 2 aromatic carbocycles. The summed E-state index contributed by atoms with van der Waals surface area (Å²) in [4.78, 5) is 41.0. The van der Waals surface area contributed by atoms with E-state index in [1.165, 1.54) is 0 Å². The second-order valence-corrected chi connectivity index (χ2v) is 16.9. The van der Waals surface area contributed by atoms with Crippen molar-refractivity contribution in [1.29, 1.82) is 0 Å². The number of amides is 2. The van der Waals surface area contributed by atoms with Crippen molar-refractivity contribution >= 4 is 42.4 Å². The summed E-state index contributed by atoms with van der Waals surface area (Å²) in [6, 6.07) is 13.3. The highest BCUT2D eigenvalue weighted by Crippen LogP contribution is 2.43. The Kier molecular flexibility index (Phi) is 15.0. The van der Waals surface area contributed by atoms with Crippen molar-refractivity contribution in [2.24, 2.45) is 17.8 Å². The van der Waals surface area contributed by atoms with Gasteiger partial charge in [0, 0.05) is 32.1 Å². The van der Waals surface area contributed by atoms with Gasteiger partial charge in [-0.25, -0.2) is 4.79 Å². The van der Waals surface area contributed by atoms with Crippen LogP contribution in [0.25, 0.3) is 0 Å². The molecule has 1 saturated carbocycles. The number of aryl methyl sites for hydroxylation is 1. The van der Waals surface area contributed by atoms with Crippen LogP contribution >= 0.6 is 7.37 Å². The molecule has 10 nitrogen and oxygen atoms in total. The first-order chi connectivity index (χ1) is 22.6. The van der Waals surface area contributed by atoms with Crippen LogP contribution in [0, 0.1) is 24.7 Å². The molecule has 1 aliphatic carbocycles. The molecule has 0 unspecified atom stereocenters. The number of benzene rings is 2. The Morgan fingerprint density at radius 2 is 1.52 bits per heavy atom. The van der Waals surface area contributed by atoms with Gasteiger partial charge in [0.2, 0.25) is 6.79 Å². The predicted molar refractivity (Wildman–Crippen MR) is 193 cm³/mol. The van der Waals surface area contributed by atoms with Gasteiger partial charge in [-0.1, -0.05) is 58.4 Å². The molecule has 2 amide bonds. The molecule has 1 fully saturated rings. The third-order valence-corrected chi connectivity index (χ3v) is 9.10. The summed E-state index contributed by atoms with van der Waals surface area (Å²) in [5, 5.41) is 6.00. The summed E-state index contributed by atoms with van der Waals surface area (Å²) < 4.78 is 28.2. The van der Waals surface area contributed by atoms with Crippen LogP contribution in [0.5, 0.6) is 0 Å². The second-order valence-electron chi connectivity index (χ2n) is 14.2. The quantitative estimate of drug-likeness (QED) is 0.102. The number of rotatable bonds is 16. The summed E-state index contributed by atoms with van der Waals surface area (Å²) in [6.07, 6.45) is 3.09. The Labute approximate surface area is 287 Å². The average Bonchev–Trinajstić information content (AvgIpc) is 2.99. The number of carbonyl (C=O) groups is 3. The molecule has 0 bridgehead atoms. The van der Waals surface area contributed by atoms with Crippen molar-refractivity contribution in [3.63, 3.8) is 0 Å². The Bertz CT molecular complexity index is 1390. The maximum atomic E-state index is 13.2. The van der Waals surface area contributed by atoms with Gasteiger partial charge in [0.05, 0.1) is 29.8 Å². The van der Waals surface area contributed by atoms with Crippen LogP contribution in [-0.4, -0.2) is 57.3 Å². The number of hydrogen-bond donors (Lipinski definition) is 2. The largest absolute Gasteiger partial charge is 0.428 e. The number of anilines is 3. The summed E-state index contributed by atoms with van der Waals surface area (Å²) in [5.41, 5.74) is 4.28. The Morgan fingerprint density at radius 3 is 2.08 bits per heavy atom. The van der Waals surface area contributed by atoms with Crippen LogP contribution in [-0.2, 0) is 28.2 Å². The van der Waals surface area contributed by atoms with Crippen molar-refractivity contribution < 1.29 is 32.9 Å². The van der Waals surface area contributed by atoms with E-state index < -0.39 is 26.1 Å². The van der Waals surface area contributed by atoms with Crippen molar-refractivity contribution in [3.8, 4) is 0 Å². The lowest BCUT2D eigenvalue weighted by atomic mass is 9.88. The number of esters is 2. The number of hydrogen-bond acceptors (Lipinski definition) is 8. The summed E-state index contributed by atoms with van der Waals surface area (Å²) in [6.45, 7) is 17.1. The molecule has 0 radical (unpaired) electrons. The lowest BCUT2D eigenvalue weighted by Gasteiger charge is -2.31. The molecule has 11 heteroatoms. The standard InChI is InChI=1S/C37H56N3O7P/c1-9-28(21-35(41)45-24-46-36(42)29-12-17-32(18-13-29)47-48(7,8)44)30-14-19-34(40(22-25(2)3)23-26(4)5)33(20-30)39-37(43)38-31-15-10-27(6)11-16-31/h10-11,14-16,19-20,25-26,28-29,32H,9,12-13,17-18,21-24H2,1-8H3,(H2,38,39,43)/t28-,29?,32?/m0/s1. The lowest BCUT2D eigenvalue weighted by Crippen LogP contribution is -2.32. The number of carbonyl (C=O) groups excluding carboxylic acids is 3. The fourth-order valence-corrected chi connectivity index (χ4v) is 6.98. The molecule has 1 atom stereocenters. The van der Waals surface area contributed by atoms with Gasteiger partial charge in [-0.3, -0.25) is 14.2 Å². The highest BCUT2D eigenvalue weighted by atomic mass is 31.2. The topological polar surface area (TPSA) is 123 Å². The van der Waals surface area contributed by atoms with Gasteiger partial charge in [0.15, 0.2) is 7.37 Å². The summed E-state index contributed by atoms with van der Waals surface area (Å²) >= 11 is 0. The first-order valence-electron chi connectivity index (χ1n) is 17.2. The average molecular weight is 686 g/mol. The van der Waals surface area contributed by atoms with Gasteiger partial charge in [0.25, 0.3) is 0 Å². The minimum absolute atomic E-state index is 0.0979. The third kappa shape index (κ3) is 13.3. The van der Waals surface area contributed by atoms with Crippen molar-refractivity contribution in [1.82, 2.24) is 0 Å². The van der Waals surface area contributed by atoms with E-state index in [0.717, 1.165) is 29.9 Å². The van der Waals surface area contributed by atoms with Crippen LogP contribution in [0.15, 0.2) is 42.5 Å². The molecule has 0 spiro atoms. The van der Waals surface area contributed by atoms with Crippen molar-refractivity contribution in [2.75, 3.05) is 48.7 Å². The van der Waals surface area contributed by atoms with Crippen LogP contribution in [0.3, 0.4) is 0 Å². The maximum absolute atomic E-state index is 13.2. The molecule has 0 heterocycles. The zero-order chi connectivity index (χ0) is 35.4. The lowest BCUT2D eigenvalue weighted by molar-refractivity contribution is -0.171. The van der Waals surface area contributed by atoms with E-state index in [4.69, 9.17) is 14.0 Å². The molecule has 266 valence electrons. The van der Waals surface area contributed by atoms with E-state index in [1.54, 1.807) is 13.3 Å². The van der Waals surface area contributed by atoms with Crippen LogP contribution in [0.2, 0.25) is 0 Å². The van der Waals surface area contributed by atoms with E-state index in [2.05, 4.69) is 43.2 Å². The van der Waals surface area contributed by atoms with Crippen LogP contribution in [0.4, 0.5) is 21.9 Å². The Morgan fingerprint density at radius 1 is 0.896 bits per heavy atom. The predicted octanol–water partition coefficient (Wildman–Crippen LogP) is 8.80. The molecule has 0 saturated heterocycles. The minimum Gasteiger partial charge on any atom is -0.428 e. The monoisotopic (exact) mass is 685 g/mol. The van der Waals surface area contributed by atoms with Crippen molar-refractivity contribution in [2.45, 2.75) is 92.1 Å². The molecule has 0 aliphatic heterocycles. The number of ether oxygens (including phenoxy) is 2. The van der Waals surface area contributed by atoms with Crippen LogP contribution < -0.4 is 15.5 Å². The van der Waals surface area contributed by atoms with E-state index in [9.17, 15) is 18.9 Å². The first kappa shape index (κ1) is 39.1. The molecular weight excluding hydrogens is 629 g/mol. The first-order valence-corrected chi connectivity index (χ1v) is 19.7. The molecule has 3 rings (SSSR count). The Balaban J connectivity index is 1.67. The maximum Gasteiger partial charge on any atom is 0.323 e. The number of nitrogens with one attached hydrogen (secondary N) is 2. The molecule has 2 N–H and O–H groups in total. The van der Waals surface area contributed by atoms with Gasteiger partial charge < -0.3 is 29.5 Å². The molecule has 1 aliphatic rings. The van der Waals surface area contributed by atoms with E-state index >= 15 is 0 Å². The molecule has 2 aromatic rings. The molecular formula is C37H56N3O7P. The fourth-order valence-electron chi connectivity index (χ4n) is 6.05. The van der Waals surface area contributed by atoms with Gasteiger partial charge in [0.1, 0.15) is 0 Å². The van der Waals surface area contributed by atoms with Crippen molar-refractivity contribution in [3.05, 3.63) is 53.6 Å². The van der Waals surface area contributed by atoms with E-state index in [1.807, 2.05) is 56.3 Å². The van der Waals surface area contributed by atoms with E-state index in [0.29, 0.717) is 55.3 Å². The molecule has 0 aromatic heterocycles. The van der Waals surface area contributed by atoms with Gasteiger partial charge in [-0.2, -0.15) is 0 Å². The zero-order valence-corrected chi connectivity index (χ0v) is 30.9.